The van der Waals surface area contributed by atoms with Crippen LogP contribution in [-0.2, 0) is 45.9 Å². The van der Waals surface area contributed by atoms with Crippen molar-refractivity contribution in [1.29, 1.82) is 0 Å². The first-order valence-electron chi connectivity index (χ1n) is 15.1. The average molecular weight is 604 g/mol. The Morgan fingerprint density at radius 3 is 2.57 bits per heavy atom. The molecule has 232 valence electrons. The minimum atomic E-state index is -1.88. The van der Waals surface area contributed by atoms with Gasteiger partial charge in [0.15, 0.2) is 5.60 Å². The Bertz CT molecular complexity index is 1780. The zero-order valence-corrected chi connectivity index (χ0v) is 25.2. The van der Waals surface area contributed by atoms with Gasteiger partial charge < -0.3 is 35.5 Å². The van der Waals surface area contributed by atoms with Crippen LogP contribution in [0.2, 0.25) is 0 Å². The molecule has 0 bridgehead atoms. The van der Waals surface area contributed by atoms with Crippen LogP contribution in [0.4, 0.5) is 10.5 Å². The summed E-state index contributed by atoms with van der Waals surface area (Å²) in [6.45, 7) is 7.71. The summed E-state index contributed by atoms with van der Waals surface area (Å²) in [5.41, 5.74) is 4.12. The number of nitrogens with zero attached hydrogens (tertiary/aromatic N) is 2. The molecule has 6 rings (SSSR count). The monoisotopic (exact) mass is 603 g/mol. The van der Waals surface area contributed by atoms with Crippen molar-refractivity contribution >= 4 is 34.6 Å². The van der Waals surface area contributed by atoms with Crippen LogP contribution >= 0.6 is 0 Å². The number of benzene rings is 1. The van der Waals surface area contributed by atoms with Crippen molar-refractivity contribution < 1.29 is 29.3 Å². The molecule has 12 heteroatoms. The number of nitrogens with one attached hydrogen (secondary N) is 3. The number of carboxylic acid groups (broad SMARTS) is 1. The van der Waals surface area contributed by atoms with E-state index in [0.29, 0.717) is 30.2 Å². The number of aromatic nitrogens is 2. The van der Waals surface area contributed by atoms with Gasteiger partial charge in [0.1, 0.15) is 6.61 Å². The van der Waals surface area contributed by atoms with Crippen molar-refractivity contribution in [2.45, 2.75) is 84.2 Å². The van der Waals surface area contributed by atoms with Crippen LogP contribution in [0.25, 0.3) is 22.3 Å². The molecule has 1 aromatic carbocycles. The number of amides is 2. The molecule has 3 aromatic rings. The second-order valence-corrected chi connectivity index (χ2v) is 12.3. The molecule has 1 aliphatic carbocycles. The summed E-state index contributed by atoms with van der Waals surface area (Å²) in [6.07, 6.45) is 1.38. The third-order valence-corrected chi connectivity index (χ3v) is 9.34. The van der Waals surface area contributed by atoms with E-state index in [1.54, 1.807) is 24.5 Å². The zero-order chi connectivity index (χ0) is 31.5. The maximum absolute atomic E-state index is 13.6. The lowest BCUT2D eigenvalue weighted by atomic mass is 9.85. The van der Waals surface area contributed by atoms with Crippen molar-refractivity contribution in [3.05, 3.63) is 56.4 Å². The fraction of sp³-hybridized carbons (Fsp3) is 0.469. The lowest BCUT2D eigenvalue weighted by molar-refractivity contribution is -0.172. The van der Waals surface area contributed by atoms with E-state index in [1.165, 1.54) is 0 Å². The fourth-order valence-electron chi connectivity index (χ4n) is 6.68. The summed E-state index contributed by atoms with van der Waals surface area (Å²) in [7, 11) is 0. The lowest BCUT2D eigenvalue weighted by Gasteiger charge is -2.31. The molecule has 0 unspecified atom stereocenters. The second-order valence-electron chi connectivity index (χ2n) is 12.3. The first-order chi connectivity index (χ1) is 20.9. The van der Waals surface area contributed by atoms with Gasteiger partial charge in [-0.15, -0.1) is 0 Å². The van der Waals surface area contributed by atoms with Gasteiger partial charge >= 0.3 is 12.1 Å². The minimum absolute atomic E-state index is 0.0487. The maximum atomic E-state index is 13.6. The topological polar surface area (TPSA) is 172 Å². The van der Waals surface area contributed by atoms with Gasteiger partial charge in [0.05, 0.1) is 35.1 Å². The van der Waals surface area contributed by atoms with Gasteiger partial charge in [0.25, 0.3) is 5.56 Å². The van der Waals surface area contributed by atoms with Crippen LogP contribution in [0.15, 0.2) is 23.0 Å². The number of hydrogen-bond donors (Lipinski definition) is 5. The number of esters is 1. The molecule has 44 heavy (non-hydrogen) atoms. The number of aliphatic hydroxyl groups is 1. The Balaban J connectivity index is 1.33. The Labute approximate surface area is 253 Å². The van der Waals surface area contributed by atoms with Crippen LogP contribution in [0.1, 0.15) is 68.4 Å². The highest BCUT2D eigenvalue weighted by molar-refractivity contribution is 6.01. The number of hydrogen-bond acceptors (Lipinski definition) is 8. The van der Waals surface area contributed by atoms with Crippen LogP contribution in [0, 0.1) is 5.92 Å². The highest BCUT2D eigenvalue weighted by Gasteiger charge is 2.45. The number of cyclic esters (lactones) is 1. The zero-order valence-electron chi connectivity index (χ0n) is 25.2. The van der Waals surface area contributed by atoms with E-state index in [9.17, 15) is 24.3 Å². The van der Waals surface area contributed by atoms with Crippen LogP contribution < -0.4 is 21.5 Å². The van der Waals surface area contributed by atoms with Crippen molar-refractivity contribution in [2.75, 3.05) is 11.9 Å². The summed E-state index contributed by atoms with van der Waals surface area (Å²) < 4.78 is 6.84. The van der Waals surface area contributed by atoms with Gasteiger partial charge in [-0.05, 0) is 67.9 Å². The highest BCUT2D eigenvalue weighted by atomic mass is 16.6. The molecule has 2 aromatic heterocycles. The third kappa shape index (κ3) is 4.72. The molecular formula is C32H37N5O7. The molecule has 2 aliphatic heterocycles. The summed E-state index contributed by atoms with van der Waals surface area (Å²) in [5.74, 6) is -0.936. The Morgan fingerprint density at radius 2 is 1.86 bits per heavy atom. The number of fused-ring (bicyclic) bond motifs is 5. The molecule has 0 saturated carbocycles. The van der Waals surface area contributed by atoms with Crippen LogP contribution in [0.5, 0.6) is 0 Å². The van der Waals surface area contributed by atoms with E-state index >= 15 is 0 Å². The predicted molar refractivity (Wildman–Crippen MR) is 162 cm³/mol. The van der Waals surface area contributed by atoms with E-state index in [-0.39, 0.29) is 47.6 Å². The maximum Gasteiger partial charge on any atom is 0.404 e. The summed E-state index contributed by atoms with van der Waals surface area (Å²) >= 11 is 0. The van der Waals surface area contributed by atoms with Gasteiger partial charge in [-0.3, -0.25) is 9.59 Å². The number of aryl methyl sites for hydroxylation is 2. The van der Waals surface area contributed by atoms with Gasteiger partial charge in [-0.1, -0.05) is 20.8 Å². The molecular weight excluding hydrogens is 566 g/mol. The van der Waals surface area contributed by atoms with Crippen LogP contribution in [-0.4, -0.2) is 56.4 Å². The largest absolute Gasteiger partial charge is 0.465 e. The molecule has 0 saturated heterocycles. The van der Waals surface area contributed by atoms with E-state index in [2.05, 4.69) is 16.0 Å². The molecule has 5 N–H and O–H groups in total. The van der Waals surface area contributed by atoms with Crippen molar-refractivity contribution in [2.24, 2.45) is 5.92 Å². The van der Waals surface area contributed by atoms with Gasteiger partial charge in [0, 0.05) is 34.8 Å². The number of carbonyl (C=O) groups excluding carboxylic acids is 2. The van der Waals surface area contributed by atoms with Gasteiger partial charge in [0.2, 0.25) is 5.91 Å². The summed E-state index contributed by atoms with van der Waals surface area (Å²) in [6, 6.07) is 4.53. The van der Waals surface area contributed by atoms with Gasteiger partial charge in [-0.25, -0.2) is 14.6 Å². The minimum Gasteiger partial charge on any atom is -0.465 e. The van der Waals surface area contributed by atoms with Crippen molar-refractivity contribution in [3.63, 3.8) is 0 Å². The standard InChI is InChI=1S/C32H37N5O7/c1-5-32(43)21-11-25-27-19(13-37(25)29(39)20(21)14-44-30(32)40)17-7-6-8-18-22(9-10-23(34-27)26(17)18)35-28(38)16(4)33-12-24(15(2)3)36-31(41)42/h9-11,15-16,24,33,36,43H,5-8,12-14H2,1-4H3,(H,35,38)(H,41,42)/t16-,24+,32-/m0/s1. The molecule has 0 radical (unpaired) electrons. The number of rotatable bonds is 8. The van der Waals surface area contributed by atoms with Gasteiger partial charge in [-0.2, -0.15) is 0 Å². The van der Waals surface area contributed by atoms with E-state index < -0.39 is 23.7 Å². The molecule has 0 spiro atoms. The van der Waals surface area contributed by atoms with Crippen molar-refractivity contribution in [3.8, 4) is 11.4 Å². The summed E-state index contributed by atoms with van der Waals surface area (Å²) in [4.78, 5) is 55.5. The number of carbonyl (C=O) groups is 3. The predicted octanol–water partition coefficient (Wildman–Crippen LogP) is 2.78. The molecule has 3 aliphatic rings. The normalized spacial score (nSPS) is 19.5. The first kappa shape index (κ1) is 29.8. The van der Waals surface area contributed by atoms with E-state index in [0.717, 1.165) is 46.9 Å². The quantitative estimate of drug-likeness (QED) is 0.190. The first-order valence-corrected chi connectivity index (χ1v) is 15.1. The SMILES string of the molecule is CC[C@@]1(O)C(=O)OCc2c1cc1n(c2=O)Cc2c-1nc1ccc(NC(=O)[C@H](C)NC[C@@H](NC(=O)O)C(C)C)c3c1c2CCC3. The smallest absolute Gasteiger partial charge is 0.404 e. The Morgan fingerprint density at radius 1 is 1.11 bits per heavy atom. The molecule has 2 amide bonds. The highest BCUT2D eigenvalue weighted by Crippen LogP contribution is 2.43. The Kier molecular flexibility index (Phi) is 7.45. The molecule has 4 heterocycles. The summed E-state index contributed by atoms with van der Waals surface area (Å²) in [5, 5.41) is 30.0. The molecule has 3 atom stereocenters. The number of ether oxygens (including phenoxy) is 1. The van der Waals surface area contributed by atoms with E-state index in [4.69, 9.17) is 14.8 Å². The van der Waals surface area contributed by atoms with Crippen LogP contribution in [0.3, 0.4) is 0 Å². The Hall–Kier alpha value is -4.29. The third-order valence-electron chi connectivity index (χ3n) is 9.34. The van der Waals surface area contributed by atoms with Crippen molar-refractivity contribution in [1.82, 2.24) is 20.2 Å². The molecule has 0 fully saturated rings. The lowest BCUT2D eigenvalue weighted by Crippen LogP contribution is -2.49. The number of pyridine rings is 2. The second kappa shape index (κ2) is 11.0. The fourth-order valence-corrected chi connectivity index (χ4v) is 6.68. The average Bonchev–Trinajstić information content (AvgIpc) is 3.37. The number of anilines is 1. The van der Waals surface area contributed by atoms with E-state index in [1.807, 2.05) is 26.0 Å². The molecule has 12 nitrogen and oxygen atoms in total.